The minimum absolute atomic E-state index is 0.0774. The molecule has 4 heteroatoms. The average molecular weight is 230 g/mol. The van der Waals surface area contributed by atoms with Gasteiger partial charge in [0.25, 0.3) is 0 Å². The lowest BCUT2D eigenvalue weighted by Crippen LogP contribution is -2.12. The van der Waals surface area contributed by atoms with E-state index in [1.165, 1.54) is 12.1 Å². The van der Waals surface area contributed by atoms with Gasteiger partial charge in [-0.25, -0.2) is 0 Å². The smallest absolute Gasteiger partial charge is 0.225 e. The van der Waals surface area contributed by atoms with Gasteiger partial charge in [0.05, 0.1) is 0 Å². The van der Waals surface area contributed by atoms with E-state index in [0.717, 1.165) is 11.1 Å². The van der Waals surface area contributed by atoms with E-state index in [4.69, 9.17) is 4.74 Å². The van der Waals surface area contributed by atoms with Crippen LogP contribution in [0.1, 0.15) is 11.9 Å². The molecule has 0 aromatic heterocycles. The molecule has 2 aromatic carbocycles. The minimum Gasteiger partial charge on any atom is -0.508 e. The van der Waals surface area contributed by atoms with Crippen molar-refractivity contribution < 1.29 is 20.1 Å². The number of phenols is 2. The molecule has 1 atom stereocenters. The topological polar surface area (TPSA) is 69.9 Å². The van der Waals surface area contributed by atoms with Crippen molar-refractivity contribution in [2.24, 2.45) is 0 Å². The highest BCUT2D eigenvalue weighted by Gasteiger charge is 2.24. The largest absolute Gasteiger partial charge is 0.508 e. The maximum Gasteiger partial charge on any atom is 0.225 e. The molecule has 3 rings (SSSR count). The molecule has 4 nitrogen and oxygen atoms in total. The fourth-order valence-electron chi connectivity index (χ4n) is 2.01. The zero-order valence-electron chi connectivity index (χ0n) is 8.79. The van der Waals surface area contributed by atoms with Gasteiger partial charge < -0.3 is 20.1 Å². The lowest BCUT2D eigenvalue weighted by molar-refractivity contribution is -0.0215. The van der Waals surface area contributed by atoms with E-state index in [1.807, 2.05) is 0 Å². The Balaban J connectivity index is 2.26. The normalized spacial score (nSPS) is 16.9. The van der Waals surface area contributed by atoms with Crippen molar-refractivity contribution >= 4 is 0 Å². The fourth-order valence-corrected chi connectivity index (χ4v) is 2.01. The molecule has 17 heavy (non-hydrogen) atoms. The van der Waals surface area contributed by atoms with Crippen LogP contribution in [0.3, 0.4) is 0 Å². The Labute approximate surface area is 97.3 Å². The van der Waals surface area contributed by atoms with Gasteiger partial charge in [0.2, 0.25) is 6.29 Å². The summed E-state index contributed by atoms with van der Waals surface area (Å²) in [6.45, 7) is 0. The first kappa shape index (κ1) is 9.99. The summed E-state index contributed by atoms with van der Waals surface area (Å²) in [4.78, 5) is 0. The van der Waals surface area contributed by atoms with E-state index in [9.17, 15) is 15.3 Å². The molecule has 0 spiro atoms. The van der Waals surface area contributed by atoms with Crippen LogP contribution in [0.4, 0.5) is 0 Å². The maximum atomic E-state index is 9.81. The summed E-state index contributed by atoms with van der Waals surface area (Å²) in [6, 6.07) is 9.45. The lowest BCUT2D eigenvalue weighted by atomic mass is 9.96. The van der Waals surface area contributed by atoms with Crippen LogP contribution in [0.2, 0.25) is 0 Å². The molecule has 1 aliphatic heterocycles. The second-order valence-corrected chi connectivity index (χ2v) is 3.92. The number of hydrogen-bond donors (Lipinski definition) is 3. The third kappa shape index (κ3) is 1.50. The van der Waals surface area contributed by atoms with Crippen molar-refractivity contribution in [3.8, 4) is 28.4 Å². The first-order valence-corrected chi connectivity index (χ1v) is 5.16. The molecule has 1 unspecified atom stereocenters. The molecule has 86 valence electrons. The first-order chi connectivity index (χ1) is 8.15. The Bertz CT molecular complexity index is 592. The van der Waals surface area contributed by atoms with Gasteiger partial charge in [0.1, 0.15) is 17.2 Å². The molecular formula is C13H10O4. The van der Waals surface area contributed by atoms with Crippen LogP contribution in [-0.2, 0) is 0 Å². The molecule has 3 N–H and O–H groups in total. The molecule has 0 amide bonds. The van der Waals surface area contributed by atoms with Gasteiger partial charge >= 0.3 is 0 Å². The molecule has 0 fully saturated rings. The number of rotatable bonds is 0. The van der Waals surface area contributed by atoms with Gasteiger partial charge in [0, 0.05) is 17.2 Å². The predicted octanol–water partition coefficient (Wildman–Crippen LogP) is 2.15. The highest BCUT2D eigenvalue weighted by molar-refractivity contribution is 5.76. The maximum absolute atomic E-state index is 9.81. The summed E-state index contributed by atoms with van der Waals surface area (Å²) in [5, 5.41) is 28.6. The van der Waals surface area contributed by atoms with Gasteiger partial charge in [-0.1, -0.05) is 6.07 Å². The van der Waals surface area contributed by atoms with Crippen molar-refractivity contribution in [2.75, 3.05) is 0 Å². The van der Waals surface area contributed by atoms with Crippen LogP contribution in [-0.4, -0.2) is 15.3 Å². The number of aliphatic hydroxyl groups excluding tert-OH is 1. The summed E-state index contributed by atoms with van der Waals surface area (Å²) in [5.74, 6) is 0.586. The summed E-state index contributed by atoms with van der Waals surface area (Å²) in [5.41, 5.74) is 2.09. The number of aromatic hydroxyl groups is 2. The van der Waals surface area contributed by atoms with Gasteiger partial charge in [-0.15, -0.1) is 0 Å². The van der Waals surface area contributed by atoms with Gasteiger partial charge in [0.15, 0.2) is 0 Å². The second kappa shape index (κ2) is 3.40. The van der Waals surface area contributed by atoms with E-state index in [2.05, 4.69) is 0 Å². The highest BCUT2D eigenvalue weighted by atomic mass is 16.6. The van der Waals surface area contributed by atoms with Crippen molar-refractivity contribution in [1.82, 2.24) is 0 Å². The van der Waals surface area contributed by atoms with Gasteiger partial charge in [-0.05, 0) is 29.8 Å². The van der Waals surface area contributed by atoms with Crippen molar-refractivity contribution in [2.45, 2.75) is 6.29 Å². The Kier molecular flexibility index (Phi) is 2.00. The van der Waals surface area contributed by atoms with E-state index in [1.54, 1.807) is 24.3 Å². The third-order valence-corrected chi connectivity index (χ3v) is 2.80. The Morgan fingerprint density at radius 3 is 2.29 bits per heavy atom. The first-order valence-electron chi connectivity index (χ1n) is 5.16. The van der Waals surface area contributed by atoms with E-state index in [0.29, 0.717) is 11.3 Å². The third-order valence-electron chi connectivity index (χ3n) is 2.80. The minimum atomic E-state index is -1.13. The number of aliphatic hydroxyl groups is 1. The van der Waals surface area contributed by atoms with E-state index in [-0.39, 0.29) is 11.5 Å². The summed E-state index contributed by atoms with van der Waals surface area (Å²) >= 11 is 0. The number of benzene rings is 2. The molecule has 0 aliphatic carbocycles. The van der Waals surface area contributed by atoms with E-state index < -0.39 is 6.29 Å². The van der Waals surface area contributed by atoms with Crippen molar-refractivity contribution in [3.63, 3.8) is 0 Å². The second-order valence-electron chi connectivity index (χ2n) is 3.92. The number of ether oxygens (including phenoxy) is 1. The molecular weight excluding hydrogens is 220 g/mol. The molecule has 0 radical (unpaired) electrons. The zero-order chi connectivity index (χ0) is 12.0. The van der Waals surface area contributed by atoms with Gasteiger partial charge in [-0.3, -0.25) is 0 Å². The average Bonchev–Trinajstić information content (AvgIpc) is 2.29. The summed E-state index contributed by atoms with van der Waals surface area (Å²) in [7, 11) is 0. The molecule has 0 saturated carbocycles. The fraction of sp³-hybridized carbons (Fsp3) is 0.0769. The van der Waals surface area contributed by atoms with Gasteiger partial charge in [-0.2, -0.15) is 0 Å². The molecule has 1 heterocycles. The lowest BCUT2D eigenvalue weighted by Gasteiger charge is -2.25. The molecule has 0 bridgehead atoms. The van der Waals surface area contributed by atoms with Crippen LogP contribution in [0.25, 0.3) is 11.1 Å². The Morgan fingerprint density at radius 2 is 1.53 bits per heavy atom. The Hall–Kier alpha value is -2.20. The standard InChI is InChI=1S/C13H10O4/c14-7-1-3-9-10-4-2-8(15)6-12(10)17-13(16)11(9)5-7/h1-6,13-16H. The van der Waals surface area contributed by atoms with E-state index >= 15 is 0 Å². The van der Waals surface area contributed by atoms with Crippen LogP contribution >= 0.6 is 0 Å². The summed E-state index contributed by atoms with van der Waals surface area (Å²) in [6.07, 6.45) is -1.13. The zero-order valence-corrected chi connectivity index (χ0v) is 8.79. The number of phenolic OH excluding ortho intramolecular Hbond substituents is 2. The molecule has 0 saturated heterocycles. The van der Waals surface area contributed by atoms with Crippen molar-refractivity contribution in [1.29, 1.82) is 0 Å². The Morgan fingerprint density at radius 1 is 0.882 bits per heavy atom. The van der Waals surface area contributed by atoms with Crippen LogP contribution < -0.4 is 4.74 Å². The van der Waals surface area contributed by atoms with Crippen LogP contribution in [0.5, 0.6) is 17.2 Å². The number of hydrogen-bond acceptors (Lipinski definition) is 4. The predicted molar refractivity (Wildman–Crippen MR) is 60.8 cm³/mol. The molecule has 2 aromatic rings. The highest BCUT2D eigenvalue weighted by Crippen LogP contribution is 2.43. The quantitative estimate of drug-likeness (QED) is 0.648. The van der Waals surface area contributed by atoms with Crippen LogP contribution in [0.15, 0.2) is 36.4 Å². The number of fused-ring (bicyclic) bond motifs is 3. The molecule has 1 aliphatic rings. The SMILES string of the molecule is Oc1ccc2c(c1)OC(O)c1cc(O)ccc1-2. The monoisotopic (exact) mass is 230 g/mol. The van der Waals surface area contributed by atoms with Crippen molar-refractivity contribution in [3.05, 3.63) is 42.0 Å². The summed E-state index contributed by atoms with van der Waals surface area (Å²) < 4.78 is 5.28. The van der Waals surface area contributed by atoms with Crippen LogP contribution in [0, 0.1) is 0 Å².